The van der Waals surface area contributed by atoms with E-state index in [-0.39, 0.29) is 11.1 Å². The average molecular weight is 377 g/mol. The molecule has 0 saturated heterocycles. The molecule has 0 saturated carbocycles. The lowest BCUT2D eigenvalue weighted by Gasteiger charge is -2.07. The van der Waals surface area contributed by atoms with Crippen LogP contribution in [0.2, 0.25) is 0 Å². The van der Waals surface area contributed by atoms with Crippen LogP contribution in [0.3, 0.4) is 0 Å². The maximum atomic E-state index is 12.0. The van der Waals surface area contributed by atoms with Gasteiger partial charge >= 0.3 is 11.9 Å². The first-order chi connectivity index (χ1) is 13.2. The lowest BCUT2D eigenvalue weighted by atomic mass is 10.0. The summed E-state index contributed by atoms with van der Waals surface area (Å²) in [6.07, 6.45) is 16.5. The second-order valence-electron chi connectivity index (χ2n) is 7.23. The molecule has 0 spiro atoms. The van der Waals surface area contributed by atoms with Crippen molar-refractivity contribution in [1.82, 2.24) is 0 Å². The number of esters is 1. The number of rotatable bonds is 16. The molecule has 0 amide bonds. The first-order valence-corrected chi connectivity index (χ1v) is 10.7. The summed E-state index contributed by atoms with van der Waals surface area (Å²) in [6.45, 7) is 2.60. The van der Waals surface area contributed by atoms with Crippen molar-refractivity contribution in [2.45, 2.75) is 90.4 Å². The quantitative estimate of drug-likeness (QED) is 0.260. The van der Waals surface area contributed by atoms with E-state index in [9.17, 15) is 9.59 Å². The fraction of sp³-hybridized carbons (Fsp3) is 0.652. The molecule has 0 aromatic heterocycles. The predicted octanol–water partition coefficient (Wildman–Crippen LogP) is 6.63. The molecule has 0 unspecified atom stereocenters. The fourth-order valence-corrected chi connectivity index (χ4v) is 3.21. The van der Waals surface area contributed by atoms with Gasteiger partial charge in [0, 0.05) is 0 Å². The van der Waals surface area contributed by atoms with Gasteiger partial charge in [0.25, 0.3) is 0 Å². The van der Waals surface area contributed by atoms with E-state index >= 15 is 0 Å². The fourth-order valence-electron chi connectivity index (χ4n) is 3.21. The highest BCUT2D eigenvalue weighted by Gasteiger charge is 2.16. The summed E-state index contributed by atoms with van der Waals surface area (Å²) >= 11 is 0. The third-order valence-corrected chi connectivity index (χ3v) is 4.86. The van der Waals surface area contributed by atoms with Crippen molar-refractivity contribution in [3.63, 3.8) is 0 Å². The molecule has 4 heteroatoms. The zero-order chi connectivity index (χ0) is 19.7. The number of carboxylic acids is 1. The summed E-state index contributed by atoms with van der Waals surface area (Å²) in [6, 6.07) is 6.17. The average Bonchev–Trinajstić information content (AvgIpc) is 2.68. The van der Waals surface area contributed by atoms with E-state index in [0.29, 0.717) is 6.61 Å². The van der Waals surface area contributed by atoms with E-state index in [1.165, 1.54) is 82.8 Å². The van der Waals surface area contributed by atoms with Crippen LogP contribution in [0.15, 0.2) is 24.3 Å². The monoisotopic (exact) mass is 376 g/mol. The molecule has 0 radical (unpaired) electrons. The van der Waals surface area contributed by atoms with Gasteiger partial charge in [-0.2, -0.15) is 0 Å². The molecular formula is C23H36O4. The highest BCUT2D eigenvalue weighted by molar-refractivity contribution is 6.02. The van der Waals surface area contributed by atoms with Crippen molar-refractivity contribution in [1.29, 1.82) is 0 Å². The van der Waals surface area contributed by atoms with Crippen molar-refractivity contribution >= 4 is 11.9 Å². The third-order valence-electron chi connectivity index (χ3n) is 4.86. The summed E-state index contributed by atoms with van der Waals surface area (Å²) in [5.41, 5.74) is 0.118. The van der Waals surface area contributed by atoms with E-state index in [1.54, 1.807) is 12.1 Å². The van der Waals surface area contributed by atoms with Crippen LogP contribution >= 0.6 is 0 Å². The molecule has 1 N–H and O–H groups in total. The molecule has 0 bridgehead atoms. The standard InChI is InChI=1S/C23H36O4/c1-2-3-4-5-6-7-8-9-10-11-12-13-16-19-27-23(26)21-18-15-14-17-20(21)22(24)25/h14-15,17-18H,2-13,16,19H2,1H3,(H,24,25). The van der Waals surface area contributed by atoms with E-state index in [0.717, 1.165) is 12.8 Å². The molecule has 1 rings (SSSR count). The van der Waals surface area contributed by atoms with E-state index in [2.05, 4.69) is 6.92 Å². The van der Waals surface area contributed by atoms with Gasteiger partial charge in [0.05, 0.1) is 17.7 Å². The van der Waals surface area contributed by atoms with Crippen molar-refractivity contribution in [2.24, 2.45) is 0 Å². The van der Waals surface area contributed by atoms with Crippen LogP contribution < -0.4 is 0 Å². The van der Waals surface area contributed by atoms with Gasteiger partial charge in [-0.05, 0) is 18.6 Å². The smallest absolute Gasteiger partial charge is 0.339 e. The van der Waals surface area contributed by atoms with Crippen molar-refractivity contribution in [3.05, 3.63) is 35.4 Å². The number of benzene rings is 1. The van der Waals surface area contributed by atoms with Gasteiger partial charge in [-0.3, -0.25) is 0 Å². The van der Waals surface area contributed by atoms with Gasteiger partial charge in [-0.15, -0.1) is 0 Å². The Kier molecular flexibility index (Phi) is 13.1. The summed E-state index contributed by atoms with van der Waals surface area (Å²) in [4.78, 5) is 23.1. The maximum Gasteiger partial charge on any atom is 0.339 e. The molecule has 1 aromatic rings. The summed E-state index contributed by atoms with van der Waals surface area (Å²) < 4.78 is 5.22. The Labute approximate surface area is 164 Å². The van der Waals surface area contributed by atoms with Crippen molar-refractivity contribution < 1.29 is 19.4 Å². The van der Waals surface area contributed by atoms with E-state index in [4.69, 9.17) is 9.84 Å². The zero-order valence-electron chi connectivity index (χ0n) is 16.9. The maximum absolute atomic E-state index is 12.0. The minimum absolute atomic E-state index is 0.00661. The molecule has 0 fully saturated rings. The molecule has 0 aliphatic rings. The molecule has 4 nitrogen and oxygen atoms in total. The Bertz CT molecular complexity index is 539. The lowest BCUT2D eigenvalue weighted by molar-refractivity contribution is 0.0487. The van der Waals surface area contributed by atoms with Crippen LogP contribution in [-0.4, -0.2) is 23.7 Å². The second-order valence-corrected chi connectivity index (χ2v) is 7.23. The normalized spacial score (nSPS) is 10.7. The lowest BCUT2D eigenvalue weighted by Crippen LogP contribution is -2.12. The highest BCUT2D eigenvalue weighted by atomic mass is 16.5. The number of carbonyl (C=O) groups excluding carboxylic acids is 1. The van der Waals surface area contributed by atoms with Crippen molar-refractivity contribution in [2.75, 3.05) is 6.61 Å². The molecular weight excluding hydrogens is 340 g/mol. The number of hydrogen-bond donors (Lipinski definition) is 1. The third kappa shape index (κ3) is 10.8. The Morgan fingerprint density at radius 1 is 0.741 bits per heavy atom. The van der Waals surface area contributed by atoms with Crippen molar-refractivity contribution in [3.8, 4) is 0 Å². The minimum atomic E-state index is -1.11. The highest BCUT2D eigenvalue weighted by Crippen LogP contribution is 2.13. The topological polar surface area (TPSA) is 63.6 Å². The van der Waals surface area contributed by atoms with Crippen LogP contribution in [0.5, 0.6) is 0 Å². The summed E-state index contributed by atoms with van der Waals surface area (Å²) in [5.74, 6) is -1.66. The van der Waals surface area contributed by atoms with Gasteiger partial charge < -0.3 is 9.84 Å². The van der Waals surface area contributed by atoms with Gasteiger partial charge in [0.1, 0.15) is 0 Å². The summed E-state index contributed by atoms with van der Waals surface area (Å²) in [7, 11) is 0. The number of ether oxygens (including phenoxy) is 1. The van der Waals surface area contributed by atoms with Crippen LogP contribution in [0.1, 0.15) is 111 Å². The van der Waals surface area contributed by atoms with Crippen LogP contribution in [0, 0.1) is 0 Å². The van der Waals surface area contributed by atoms with Gasteiger partial charge in [-0.25, -0.2) is 9.59 Å². The second kappa shape index (κ2) is 15.2. The molecule has 1 aromatic carbocycles. The molecule has 0 heterocycles. The molecule has 0 aliphatic heterocycles. The van der Waals surface area contributed by atoms with Gasteiger partial charge in [0.2, 0.25) is 0 Å². The number of carbonyl (C=O) groups is 2. The minimum Gasteiger partial charge on any atom is -0.478 e. The van der Waals surface area contributed by atoms with E-state index in [1.807, 2.05) is 0 Å². The first-order valence-electron chi connectivity index (χ1n) is 10.7. The van der Waals surface area contributed by atoms with Crippen LogP contribution in [0.25, 0.3) is 0 Å². The SMILES string of the molecule is CCCCCCCCCCCCCCCOC(=O)c1ccccc1C(=O)O. The van der Waals surface area contributed by atoms with E-state index < -0.39 is 11.9 Å². The molecule has 0 aliphatic carbocycles. The Hall–Kier alpha value is -1.84. The number of aromatic carboxylic acids is 1. The largest absolute Gasteiger partial charge is 0.478 e. The summed E-state index contributed by atoms with van der Waals surface area (Å²) in [5, 5.41) is 9.10. The van der Waals surface area contributed by atoms with Crippen LogP contribution in [0.4, 0.5) is 0 Å². The molecule has 152 valence electrons. The number of carboxylic acid groups (broad SMARTS) is 1. The predicted molar refractivity (Wildman–Crippen MR) is 109 cm³/mol. The Morgan fingerprint density at radius 2 is 1.19 bits per heavy atom. The number of unbranched alkanes of at least 4 members (excludes halogenated alkanes) is 12. The zero-order valence-corrected chi connectivity index (χ0v) is 16.9. The molecule has 27 heavy (non-hydrogen) atoms. The Balaban J connectivity index is 1.97. The first kappa shape index (κ1) is 23.2. The van der Waals surface area contributed by atoms with Crippen LogP contribution in [-0.2, 0) is 4.74 Å². The number of hydrogen-bond acceptors (Lipinski definition) is 3. The van der Waals surface area contributed by atoms with Gasteiger partial charge in [-0.1, -0.05) is 96.1 Å². The molecule has 0 atom stereocenters. The Morgan fingerprint density at radius 3 is 1.67 bits per heavy atom. The van der Waals surface area contributed by atoms with Gasteiger partial charge in [0.15, 0.2) is 0 Å².